The quantitative estimate of drug-likeness (QED) is 0.782. The largest absolute Gasteiger partial charge is 0.312 e. The van der Waals surface area contributed by atoms with Gasteiger partial charge in [0.1, 0.15) is 0 Å². The Kier molecular flexibility index (Phi) is 4.45. The van der Waals surface area contributed by atoms with Crippen molar-refractivity contribution >= 4 is 0 Å². The molecule has 1 saturated carbocycles. The fourth-order valence-corrected chi connectivity index (χ4v) is 2.95. The predicted molar refractivity (Wildman–Crippen MR) is 73.3 cm³/mol. The molecule has 1 aliphatic carbocycles. The molecule has 3 nitrogen and oxygen atoms in total. The highest BCUT2D eigenvalue weighted by molar-refractivity contribution is 4.87. The van der Waals surface area contributed by atoms with Crippen molar-refractivity contribution in [1.82, 2.24) is 15.1 Å². The molecule has 1 aliphatic heterocycles. The Morgan fingerprint density at radius 2 is 2.00 bits per heavy atom. The molecule has 0 aromatic carbocycles. The fraction of sp³-hybridized carbons (Fsp3) is 1.00. The summed E-state index contributed by atoms with van der Waals surface area (Å²) in [7, 11) is 4.51. The van der Waals surface area contributed by atoms with Gasteiger partial charge < -0.3 is 15.1 Å². The molecule has 0 amide bonds. The van der Waals surface area contributed by atoms with Crippen molar-refractivity contribution in [3.05, 3.63) is 0 Å². The molecule has 0 spiro atoms. The molecule has 100 valence electrons. The van der Waals surface area contributed by atoms with E-state index in [1.807, 2.05) is 0 Å². The van der Waals surface area contributed by atoms with E-state index < -0.39 is 0 Å². The normalized spacial score (nSPS) is 35.5. The van der Waals surface area contributed by atoms with Crippen LogP contribution >= 0.6 is 0 Å². The third-order valence-electron chi connectivity index (χ3n) is 4.65. The van der Waals surface area contributed by atoms with Crippen LogP contribution < -0.4 is 5.32 Å². The summed E-state index contributed by atoms with van der Waals surface area (Å²) in [6.07, 6.45) is 4.13. The van der Waals surface area contributed by atoms with Crippen molar-refractivity contribution in [2.45, 2.75) is 51.2 Å². The number of hydrogen-bond donors (Lipinski definition) is 1. The van der Waals surface area contributed by atoms with Gasteiger partial charge in [-0.15, -0.1) is 0 Å². The molecule has 2 aliphatic rings. The van der Waals surface area contributed by atoms with E-state index in [0.717, 1.165) is 24.5 Å². The van der Waals surface area contributed by atoms with Gasteiger partial charge in [-0.2, -0.15) is 0 Å². The highest BCUT2D eigenvalue weighted by atomic mass is 15.2. The van der Waals surface area contributed by atoms with E-state index in [2.05, 4.69) is 43.1 Å². The van der Waals surface area contributed by atoms with Crippen LogP contribution in [0.25, 0.3) is 0 Å². The highest BCUT2D eigenvalue weighted by Gasteiger charge is 2.29. The van der Waals surface area contributed by atoms with E-state index in [1.54, 1.807) is 0 Å². The zero-order valence-electron chi connectivity index (χ0n) is 11.9. The van der Waals surface area contributed by atoms with Gasteiger partial charge in [0.05, 0.1) is 0 Å². The van der Waals surface area contributed by atoms with E-state index in [9.17, 15) is 0 Å². The van der Waals surface area contributed by atoms with Gasteiger partial charge in [-0.05, 0) is 46.2 Å². The van der Waals surface area contributed by atoms with Gasteiger partial charge in [0.25, 0.3) is 0 Å². The molecule has 3 heteroatoms. The van der Waals surface area contributed by atoms with Gasteiger partial charge >= 0.3 is 0 Å². The van der Waals surface area contributed by atoms with Crippen LogP contribution in [0.5, 0.6) is 0 Å². The summed E-state index contributed by atoms with van der Waals surface area (Å²) in [6, 6.07) is 2.34. The van der Waals surface area contributed by atoms with Crippen LogP contribution in [0.1, 0.15) is 33.1 Å². The second kappa shape index (κ2) is 5.68. The molecule has 0 radical (unpaired) electrons. The standard InChI is InChI=1S/C14H29N3/c1-11-10-17(4)12(2)9-14(11)15-7-8-16(3)13-5-6-13/h11-15H,5-10H2,1-4H3. The van der Waals surface area contributed by atoms with Gasteiger partial charge in [-0.1, -0.05) is 6.92 Å². The van der Waals surface area contributed by atoms with E-state index in [-0.39, 0.29) is 0 Å². The molecular formula is C14H29N3. The Morgan fingerprint density at radius 3 is 2.65 bits per heavy atom. The van der Waals surface area contributed by atoms with Crippen molar-refractivity contribution in [2.75, 3.05) is 33.7 Å². The summed E-state index contributed by atoms with van der Waals surface area (Å²) < 4.78 is 0. The minimum atomic E-state index is 0.716. The SMILES string of the molecule is CC1CN(C)C(C)CC1NCCN(C)C1CC1. The summed E-state index contributed by atoms with van der Waals surface area (Å²) >= 11 is 0. The van der Waals surface area contributed by atoms with Crippen molar-refractivity contribution in [1.29, 1.82) is 0 Å². The number of nitrogens with zero attached hydrogens (tertiary/aromatic N) is 2. The van der Waals surface area contributed by atoms with Crippen LogP contribution in [0, 0.1) is 5.92 Å². The number of hydrogen-bond acceptors (Lipinski definition) is 3. The third kappa shape index (κ3) is 3.67. The number of rotatable bonds is 5. The lowest BCUT2D eigenvalue weighted by Crippen LogP contribution is -2.51. The maximum absolute atomic E-state index is 3.77. The average Bonchev–Trinajstić information content (AvgIpc) is 3.09. The lowest BCUT2D eigenvalue weighted by atomic mass is 9.90. The smallest absolute Gasteiger partial charge is 0.0120 e. The van der Waals surface area contributed by atoms with E-state index in [4.69, 9.17) is 0 Å². The molecule has 3 atom stereocenters. The Hall–Kier alpha value is -0.120. The zero-order valence-corrected chi connectivity index (χ0v) is 11.9. The third-order valence-corrected chi connectivity index (χ3v) is 4.65. The first-order valence-corrected chi connectivity index (χ1v) is 7.21. The Balaban J connectivity index is 1.67. The van der Waals surface area contributed by atoms with Crippen LogP contribution in [0.15, 0.2) is 0 Å². The maximum Gasteiger partial charge on any atom is 0.0120 e. The van der Waals surface area contributed by atoms with Crippen molar-refractivity contribution in [3.63, 3.8) is 0 Å². The molecular weight excluding hydrogens is 210 g/mol. The first kappa shape index (κ1) is 13.3. The minimum absolute atomic E-state index is 0.716. The number of likely N-dealkylation sites (tertiary alicyclic amines) is 1. The summed E-state index contributed by atoms with van der Waals surface area (Å²) in [5, 5.41) is 3.77. The summed E-state index contributed by atoms with van der Waals surface area (Å²) in [5.41, 5.74) is 0. The monoisotopic (exact) mass is 239 g/mol. The first-order valence-electron chi connectivity index (χ1n) is 7.21. The number of likely N-dealkylation sites (N-methyl/N-ethyl adjacent to an activating group) is 1. The number of nitrogens with one attached hydrogen (secondary N) is 1. The van der Waals surface area contributed by atoms with Crippen LogP contribution in [0.2, 0.25) is 0 Å². The van der Waals surface area contributed by atoms with Crippen molar-refractivity contribution in [2.24, 2.45) is 5.92 Å². The molecule has 1 saturated heterocycles. The molecule has 17 heavy (non-hydrogen) atoms. The second-order valence-corrected chi connectivity index (χ2v) is 6.27. The van der Waals surface area contributed by atoms with Crippen molar-refractivity contribution < 1.29 is 0 Å². The molecule has 3 unspecified atom stereocenters. The summed E-state index contributed by atoms with van der Waals surface area (Å²) in [5.74, 6) is 0.780. The molecule has 2 rings (SSSR count). The zero-order chi connectivity index (χ0) is 12.4. The minimum Gasteiger partial charge on any atom is -0.312 e. The molecule has 0 aromatic heterocycles. The summed E-state index contributed by atoms with van der Waals surface area (Å²) in [6.45, 7) is 8.31. The van der Waals surface area contributed by atoms with Crippen molar-refractivity contribution in [3.8, 4) is 0 Å². The molecule has 1 N–H and O–H groups in total. The van der Waals surface area contributed by atoms with Crippen LogP contribution in [-0.4, -0.2) is 61.7 Å². The molecule has 2 fully saturated rings. The van der Waals surface area contributed by atoms with E-state index >= 15 is 0 Å². The van der Waals surface area contributed by atoms with E-state index in [1.165, 1.54) is 32.4 Å². The molecule has 1 heterocycles. The Labute approximate surface area is 107 Å². The predicted octanol–water partition coefficient (Wildman–Crippen LogP) is 1.40. The Bertz CT molecular complexity index is 240. The number of piperidine rings is 1. The highest BCUT2D eigenvalue weighted by Crippen LogP contribution is 2.25. The van der Waals surface area contributed by atoms with Gasteiger partial charge in [0.15, 0.2) is 0 Å². The van der Waals surface area contributed by atoms with Crippen LogP contribution in [0.3, 0.4) is 0 Å². The average molecular weight is 239 g/mol. The van der Waals surface area contributed by atoms with Gasteiger partial charge in [-0.3, -0.25) is 0 Å². The topological polar surface area (TPSA) is 18.5 Å². The fourth-order valence-electron chi connectivity index (χ4n) is 2.95. The summed E-state index contributed by atoms with van der Waals surface area (Å²) in [4.78, 5) is 5.00. The van der Waals surface area contributed by atoms with Crippen LogP contribution in [-0.2, 0) is 0 Å². The first-order chi connectivity index (χ1) is 8.08. The maximum atomic E-state index is 3.77. The lowest BCUT2D eigenvalue weighted by molar-refractivity contribution is 0.120. The second-order valence-electron chi connectivity index (χ2n) is 6.27. The van der Waals surface area contributed by atoms with Crippen LogP contribution in [0.4, 0.5) is 0 Å². The van der Waals surface area contributed by atoms with Gasteiger partial charge in [0.2, 0.25) is 0 Å². The Morgan fingerprint density at radius 1 is 1.29 bits per heavy atom. The molecule has 0 bridgehead atoms. The van der Waals surface area contributed by atoms with Gasteiger partial charge in [-0.25, -0.2) is 0 Å². The molecule has 0 aromatic rings. The lowest BCUT2D eigenvalue weighted by Gasteiger charge is -2.40. The van der Waals surface area contributed by atoms with Gasteiger partial charge in [0, 0.05) is 37.8 Å². The van der Waals surface area contributed by atoms with E-state index in [0.29, 0.717) is 6.04 Å².